The molecule has 2 rings (SSSR count). The van der Waals surface area contributed by atoms with Crippen molar-refractivity contribution < 1.29 is 0 Å². The van der Waals surface area contributed by atoms with Crippen LogP contribution in [0.1, 0.15) is 23.8 Å². The van der Waals surface area contributed by atoms with Crippen molar-refractivity contribution in [3.05, 3.63) is 24.0 Å². The Morgan fingerprint density at radius 3 is 3.18 bits per heavy atom. The molecule has 0 spiro atoms. The lowest BCUT2D eigenvalue weighted by Crippen LogP contribution is -1.98. The van der Waals surface area contributed by atoms with Crippen LogP contribution in [-0.4, -0.2) is 10.7 Å². The number of aromatic amines is 1. The summed E-state index contributed by atoms with van der Waals surface area (Å²) in [6, 6.07) is 4.26. The van der Waals surface area contributed by atoms with Crippen molar-refractivity contribution in [2.75, 3.05) is 5.75 Å². The first-order chi connectivity index (χ1) is 5.47. The van der Waals surface area contributed by atoms with Crippen molar-refractivity contribution in [1.82, 2.24) is 4.98 Å². The smallest absolute Gasteiger partial charge is 0.0551 e. The molecular weight excluding hydrogens is 174 g/mol. The van der Waals surface area contributed by atoms with E-state index in [2.05, 4.69) is 17.1 Å². The second kappa shape index (κ2) is 3.59. The van der Waals surface area contributed by atoms with Crippen LogP contribution in [-0.2, 0) is 0 Å². The first kappa shape index (κ1) is 7.62. The SMILES string of the molecule is c1c[nH]c(C2CCCSS2)c1. The minimum Gasteiger partial charge on any atom is -0.364 e. The summed E-state index contributed by atoms with van der Waals surface area (Å²) in [6.07, 6.45) is 4.70. The lowest BCUT2D eigenvalue weighted by atomic mass is 10.2. The summed E-state index contributed by atoms with van der Waals surface area (Å²) in [6.45, 7) is 0. The maximum atomic E-state index is 3.27. The fraction of sp³-hybridized carbons (Fsp3) is 0.500. The van der Waals surface area contributed by atoms with E-state index in [4.69, 9.17) is 0 Å². The number of hydrogen-bond acceptors (Lipinski definition) is 2. The molecule has 0 radical (unpaired) electrons. The molecule has 1 N–H and O–H groups in total. The van der Waals surface area contributed by atoms with Gasteiger partial charge in [0.2, 0.25) is 0 Å². The maximum Gasteiger partial charge on any atom is 0.0551 e. The van der Waals surface area contributed by atoms with Crippen LogP contribution in [0, 0.1) is 0 Å². The molecule has 1 nitrogen and oxygen atoms in total. The number of H-pyrrole nitrogens is 1. The molecule has 60 valence electrons. The average Bonchev–Trinajstić information content (AvgIpc) is 2.58. The molecule has 1 unspecified atom stereocenters. The molecule has 11 heavy (non-hydrogen) atoms. The summed E-state index contributed by atoms with van der Waals surface area (Å²) in [4.78, 5) is 3.27. The Morgan fingerprint density at radius 2 is 2.55 bits per heavy atom. The van der Waals surface area contributed by atoms with Crippen LogP contribution in [0.5, 0.6) is 0 Å². The fourth-order valence-corrected chi connectivity index (χ4v) is 4.05. The molecule has 1 aromatic heterocycles. The second-order valence-electron chi connectivity index (χ2n) is 2.67. The molecule has 1 aromatic rings. The molecule has 0 bridgehead atoms. The van der Waals surface area contributed by atoms with Crippen LogP contribution in [0.15, 0.2) is 18.3 Å². The third-order valence-corrected chi connectivity index (χ3v) is 4.77. The minimum atomic E-state index is 0.712. The Labute approximate surface area is 74.7 Å². The van der Waals surface area contributed by atoms with Gasteiger partial charge in [-0.05, 0) is 25.0 Å². The van der Waals surface area contributed by atoms with Gasteiger partial charge >= 0.3 is 0 Å². The normalized spacial score (nSPS) is 25.3. The van der Waals surface area contributed by atoms with E-state index in [0.29, 0.717) is 5.25 Å². The Balaban J connectivity index is 2.04. The monoisotopic (exact) mass is 185 g/mol. The van der Waals surface area contributed by atoms with Gasteiger partial charge in [0, 0.05) is 17.6 Å². The summed E-state index contributed by atoms with van der Waals surface area (Å²) in [5, 5.41) is 0.712. The topological polar surface area (TPSA) is 15.8 Å². The van der Waals surface area contributed by atoms with E-state index in [1.807, 2.05) is 27.8 Å². The molecule has 1 fully saturated rings. The van der Waals surface area contributed by atoms with Crippen molar-refractivity contribution in [3.8, 4) is 0 Å². The Hall–Kier alpha value is -0.0200. The molecule has 2 heterocycles. The van der Waals surface area contributed by atoms with Gasteiger partial charge in [0.05, 0.1) is 5.25 Å². The van der Waals surface area contributed by atoms with E-state index in [9.17, 15) is 0 Å². The van der Waals surface area contributed by atoms with Crippen molar-refractivity contribution in [2.24, 2.45) is 0 Å². The second-order valence-corrected chi connectivity index (χ2v) is 5.36. The zero-order chi connectivity index (χ0) is 7.52. The summed E-state index contributed by atoms with van der Waals surface area (Å²) in [5.74, 6) is 1.32. The van der Waals surface area contributed by atoms with Gasteiger partial charge in [-0.2, -0.15) is 0 Å². The van der Waals surface area contributed by atoms with Crippen LogP contribution < -0.4 is 0 Å². The van der Waals surface area contributed by atoms with Crippen LogP contribution in [0.4, 0.5) is 0 Å². The van der Waals surface area contributed by atoms with Gasteiger partial charge in [0.25, 0.3) is 0 Å². The molecule has 1 atom stereocenters. The maximum absolute atomic E-state index is 3.27. The summed E-state index contributed by atoms with van der Waals surface area (Å²) >= 11 is 0. The zero-order valence-electron chi connectivity index (χ0n) is 6.25. The molecular formula is C8H11NS2. The Kier molecular flexibility index (Phi) is 2.48. The zero-order valence-corrected chi connectivity index (χ0v) is 7.88. The van der Waals surface area contributed by atoms with E-state index in [1.165, 1.54) is 24.3 Å². The lowest BCUT2D eigenvalue weighted by Gasteiger charge is -2.18. The predicted molar refractivity (Wildman–Crippen MR) is 52.8 cm³/mol. The van der Waals surface area contributed by atoms with Crippen LogP contribution in [0.25, 0.3) is 0 Å². The van der Waals surface area contributed by atoms with E-state index < -0.39 is 0 Å². The van der Waals surface area contributed by atoms with Crippen molar-refractivity contribution in [1.29, 1.82) is 0 Å². The predicted octanol–water partition coefficient (Wildman–Crippen LogP) is 3.23. The lowest BCUT2D eigenvalue weighted by molar-refractivity contribution is 0.769. The van der Waals surface area contributed by atoms with Crippen LogP contribution in [0.3, 0.4) is 0 Å². The summed E-state index contributed by atoms with van der Waals surface area (Å²) in [7, 11) is 4.00. The minimum absolute atomic E-state index is 0.712. The summed E-state index contributed by atoms with van der Waals surface area (Å²) < 4.78 is 0. The molecule has 1 aliphatic heterocycles. The molecule has 3 heteroatoms. The van der Waals surface area contributed by atoms with Gasteiger partial charge in [-0.1, -0.05) is 21.6 Å². The van der Waals surface area contributed by atoms with Gasteiger partial charge in [-0.3, -0.25) is 0 Å². The van der Waals surface area contributed by atoms with Gasteiger partial charge in [0.1, 0.15) is 0 Å². The number of aromatic nitrogens is 1. The molecule has 1 saturated heterocycles. The standard InChI is InChI=1S/C8H11NS2/c1-3-7(9-5-1)8-4-2-6-10-11-8/h1,3,5,8-9H,2,4,6H2. The van der Waals surface area contributed by atoms with Crippen molar-refractivity contribution in [2.45, 2.75) is 18.1 Å². The van der Waals surface area contributed by atoms with E-state index in [1.54, 1.807) is 0 Å². The largest absolute Gasteiger partial charge is 0.364 e. The van der Waals surface area contributed by atoms with Crippen molar-refractivity contribution in [3.63, 3.8) is 0 Å². The highest BCUT2D eigenvalue weighted by Crippen LogP contribution is 2.44. The Morgan fingerprint density at radius 1 is 1.55 bits per heavy atom. The van der Waals surface area contributed by atoms with Gasteiger partial charge in [-0.25, -0.2) is 0 Å². The Bertz CT molecular complexity index is 202. The third kappa shape index (κ3) is 1.76. The molecule has 0 aromatic carbocycles. The third-order valence-electron chi connectivity index (χ3n) is 1.85. The molecule has 0 amide bonds. The fourth-order valence-electron chi connectivity index (χ4n) is 1.26. The van der Waals surface area contributed by atoms with E-state index in [0.717, 1.165) is 0 Å². The summed E-state index contributed by atoms with van der Waals surface area (Å²) in [5.41, 5.74) is 1.39. The molecule has 0 saturated carbocycles. The highest BCUT2D eigenvalue weighted by Gasteiger charge is 2.16. The number of hydrogen-bond donors (Lipinski definition) is 1. The van der Waals surface area contributed by atoms with Gasteiger partial charge in [-0.15, -0.1) is 0 Å². The van der Waals surface area contributed by atoms with E-state index >= 15 is 0 Å². The quantitative estimate of drug-likeness (QED) is 0.676. The van der Waals surface area contributed by atoms with Crippen LogP contribution >= 0.6 is 21.6 Å². The van der Waals surface area contributed by atoms with E-state index in [-0.39, 0.29) is 0 Å². The number of rotatable bonds is 1. The highest BCUT2D eigenvalue weighted by molar-refractivity contribution is 8.76. The first-order valence-corrected chi connectivity index (χ1v) is 6.26. The molecule has 1 aliphatic rings. The van der Waals surface area contributed by atoms with Gasteiger partial charge in [0.15, 0.2) is 0 Å². The number of nitrogens with one attached hydrogen (secondary N) is 1. The van der Waals surface area contributed by atoms with Gasteiger partial charge < -0.3 is 4.98 Å². The highest BCUT2D eigenvalue weighted by atomic mass is 33.1. The van der Waals surface area contributed by atoms with Crippen LogP contribution in [0.2, 0.25) is 0 Å². The average molecular weight is 185 g/mol. The van der Waals surface area contributed by atoms with Crippen molar-refractivity contribution >= 4 is 21.6 Å². The molecule has 0 aliphatic carbocycles. The first-order valence-electron chi connectivity index (χ1n) is 3.88.